The van der Waals surface area contributed by atoms with Crippen molar-refractivity contribution in [3.8, 4) is 0 Å². The predicted molar refractivity (Wildman–Crippen MR) is 55.7 cm³/mol. The van der Waals surface area contributed by atoms with E-state index in [-0.39, 0.29) is 13.6 Å². The summed E-state index contributed by atoms with van der Waals surface area (Å²) in [6.45, 7) is -0.376. The number of hydrogen-bond donors (Lipinski definition) is 0. The van der Waals surface area contributed by atoms with Gasteiger partial charge in [0.15, 0.2) is 0 Å². The largest absolute Gasteiger partial charge is 0.505 e. The van der Waals surface area contributed by atoms with Crippen molar-refractivity contribution in [1.29, 1.82) is 0 Å². The van der Waals surface area contributed by atoms with Crippen molar-refractivity contribution in [1.82, 2.24) is 0 Å². The van der Waals surface area contributed by atoms with Crippen LogP contribution >= 0.6 is 0 Å². The van der Waals surface area contributed by atoms with Gasteiger partial charge in [-0.1, -0.05) is 5.98 Å². The van der Waals surface area contributed by atoms with Gasteiger partial charge in [0.25, 0.3) is 0 Å². The first-order valence-electron chi connectivity index (χ1n) is 4.34. The molecular weight excluding hydrogens is 182 g/mol. The molecule has 0 saturated heterocycles. The van der Waals surface area contributed by atoms with Crippen molar-refractivity contribution in [2.75, 3.05) is 28.4 Å². The fourth-order valence-corrected chi connectivity index (χ4v) is 1.48. The average molecular weight is 196 g/mol. The smallest absolute Gasteiger partial charge is 0.375 e. The van der Waals surface area contributed by atoms with Crippen LogP contribution in [0.2, 0.25) is 0 Å². The van der Waals surface area contributed by atoms with Crippen molar-refractivity contribution < 1.29 is 18.8 Å². The molecule has 0 saturated carbocycles. The lowest BCUT2D eigenvalue weighted by Crippen LogP contribution is -2.43. The van der Waals surface area contributed by atoms with Crippen LogP contribution in [0.5, 0.6) is 0 Å². The Hall–Kier alpha value is -0.870. The number of ether oxygens (including phenoxy) is 2. The van der Waals surface area contributed by atoms with Gasteiger partial charge in [-0.15, -0.1) is 0 Å². The summed E-state index contributed by atoms with van der Waals surface area (Å²) in [5, 5.41) is 0. The Kier molecular flexibility index (Phi) is 4.10. The fourth-order valence-electron chi connectivity index (χ4n) is 1.48. The highest BCUT2D eigenvalue weighted by Crippen LogP contribution is 2.19. The van der Waals surface area contributed by atoms with Gasteiger partial charge >= 0.3 is 13.6 Å². The maximum absolute atomic E-state index is 5.29. The van der Waals surface area contributed by atoms with Crippen LogP contribution in [-0.4, -0.2) is 42.1 Å². The van der Waals surface area contributed by atoms with Gasteiger partial charge < -0.3 is 18.8 Å². The van der Waals surface area contributed by atoms with Crippen LogP contribution in [0.15, 0.2) is 23.5 Å². The summed E-state index contributed by atoms with van der Waals surface area (Å²) in [6.07, 6.45) is 1.82. The summed E-state index contributed by atoms with van der Waals surface area (Å²) >= 11 is 0. The van der Waals surface area contributed by atoms with Crippen LogP contribution < -0.4 is 0 Å². The lowest BCUT2D eigenvalue weighted by Gasteiger charge is -2.22. The van der Waals surface area contributed by atoms with E-state index in [1.165, 1.54) is 0 Å². The number of rotatable bonds is 4. The van der Waals surface area contributed by atoms with Gasteiger partial charge in [0, 0.05) is 14.2 Å². The fraction of sp³-hybridized carbons (Fsp3) is 0.500. The van der Waals surface area contributed by atoms with E-state index in [2.05, 4.69) is 0 Å². The molecule has 1 aliphatic rings. The summed E-state index contributed by atoms with van der Waals surface area (Å²) in [4.78, 5) is 0. The molecule has 1 rings (SSSR count). The molecule has 0 amide bonds. The topological polar surface area (TPSA) is 36.9 Å². The van der Waals surface area contributed by atoms with E-state index in [1.54, 1.807) is 28.4 Å². The molecular formula is C8H14B2O4. The molecule has 1 heterocycles. The van der Waals surface area contributed by atoms with E-state index < -0.39 is 0 Å². The number of allylic oxidation sites excluding steroid dienone is 1. The molecule has 0 spiro atoms. The predicted octanol–water partition coefficient (Wildman–Crippen LogP) is 0.493. The van der Waals surface area contributed by atoms with Crippen LogP contribution in [0.1, 0.15) is 0 Å². The van der Waals surface area contributed by atoms with E-state index >= 15 is 0 Å². The summed E-state index contributed by atoms with van der Waals surface area (Å²) in [7, 11) is 6.43. The van der Waals surface area contributed by atoms with Gasteiger partial charge in [0.1, 0.15) is 11.4 Å². The maximum Gasteiger partial charge on any atom is 0.375 e. The van der Waals surface area contributed by atoms with Crippen molar-refractivity contribution in [2.45, 2.75) is 0 Å². The van der Waals surface area contributed by atoms with Crippen molar-refractivity contribution >= 4 is 13.6 Å². The molecule has 0 N–H and O–H groups in total. The minimum absolute atomic E-state index is 0.131. The Balaban J connectivity index is 2.95. The first-order chi connectivity index (χ1) is 6.78. The zero-order valence-electron chi connectivity index (χ0n) is 8.94. The molecule has 0 atom stereocenters. The summed E-state index contributed by atoms with van der Waals surface area (Å²) in [5.41, 5.74) is 0.657. The normalized spacial score (nSPS) is 16.3. The molecule has 0 unspecified atom stereocenters. The first kappa shape index (κ1) is 11.2. The Labute approximate surface area is 85.1 Å². The van der Waals surface area contributed by atoms with Gasteiger partial charge in [0.05, 0.1) is 14.2 Å². The van der Waals surface area contributed by atoms with E-state index in [1.807, 2.05) is 12.1 Å². The molecule has 0 aromatic rings. The highest BCUT2D eigenvalue weighted by atomic mass is 16.5. The minimum Gasteiger partial charge on any atom is -0.505 e. The number of methoxy groups -OCH3 is 2. The summed E-state index contributed by atoms with van der Waals surface area (Å²) < 4.78 is 20.9. The average Bonchev–Trinajstić information content (AvgIpc) is 2.26. The van der Waals surface area contributed by atoms with E-state index in [0.29, 0.717) is 11.4 Å². The van der Waals surface area contributed by atoms with Gasteiger partial charge in [0.2, 0.25) is 0 Å². The van der Waals surface area contributed by atoms with Crippen LogP contribution in [0.25, 0.3) is 0 Å². The summed E-state index contributed by atoms with van der Waals surface area (Å²) in [5.74, 6) is 2.56. The Bertz CT molecular complexity index is 252. The minimum atomic E-state index is -0.245. The Morgan fingerprint density at radius 2 is 1.71 bits per heavy atom. The molecule has 0 aromatic carbocycles. The van der Waals surface area contributed by atoms with Crippen LogP contribution in [0.3, 0.4) is 0 Å². The van der Waals surface area contributed by atoms with Crippen molar-refractivity contribution in [3.05, 3.63) is 23.5 Å². The van der Waals surface area contributed by atoms with E-state index in [9.17, 15) is 0 Å². The Morgan fingerprint density at radius 1 is 1.00 bits per heavy atom. The zero-order valence-corrected chi connectivity index (χ0v) is 8.94. The monoisotopic (exact) mass is 196 g/mol. The molecule has 4 nitrogen and oxygen atoms in total. The molecule has 0 radical (unpaired) electrons. The second-order valence-corrected chi connectivity index (χ2v) is 2.85. The van der Waals surface area contributed by atoms with E-state index in [0.717, 1.165) is 0 Å². The van der Waals surface area contributed by atoms with Crippen LogP contribution in [-0.2, 0) is 18.8 Å². The third kappa shape index (κ3) is 1.96. The second kappa shape index (κ2) is 5.12. The summed E-state index contributed by atoms with van der Waals surface area (Å²) in [6, 6.07) is 0. The second-order valence-electron chi connectivity index (χ2n) is 2.85. The highest BCUT2D eigenvalue weighted by molar-refractivity contribution is 7.22. The Morgan fingerprint density at radius 3 is 2.14 bits per heavy atom. The van der Waals surface area contributed by atoms with Crippen LogP contribution in [0, 0.1) is 0 Å². The third-order valence-electron chi connectivity index (χ3n) is 2.20. The first-order valence-corrected chi connectivity index (χ1v) is 4.34. The lowest BCUT2D eigenvalue weighted by molar-refractivity contribution is 0.239. The molecule has 0 aliphatic carbocycles. The van der Waals surface area contributed by atoms with Gasteiger partial charge in [-0.2, -0.15) is 0 Å². The van der Waals surface area contributed by atoms with Gasteiger partial charge in [-0.3, -0.25) is 0 Å². The lowest BCUT2D eigenvalue weighted by atomic mass is 9.24. The van der Waals surface area contributed by atoms with Gasteiger partial charge in [-0.05, 0) is 6.08 Å². The highest BCUT2D eigenvalue weighted by Gasteiger charge is 2.39. The molecule has 0 bridgehead atoms. The molecule has 0 aromatic heterocycles. The number of hydrogen-bond acceptors (Lipinski definition) is 4. The molecule has 76 valence electrons. The molecule has 1 aliphatic heterocycles. The standard InChI is InChI=1S/C8H14B2O4/c1-11-7-5-6-9(13-3)10(14-4)8(7)12-2/h5-6H,1-4H3. The maximum atomic E-state index is 5.29. The third-order valence-corrected chi connectivity index (χ3v) is 2.20. The van der Waals surface area contributed by atoms with Crippen LogP contribution in [0.4, 0.5) is 0 Å². The SMILES string of the molecule is COB1C=CC(OC)=C(OC)B1OC. The molecule has 0 fully saturated rings. The molecule has 6 heteroatoms. The molecule has 14 heavy (non-hydrogen) atoms. The van der Waals surface area contributed by atoms with Gasteiger partial charge in [-0.25, -0.2) is 0 Å². The zero-order chi connectivity index (χ0) is 10.6. The van der Waals surface area contributed by atoms with Crippen molar-refractivity contribution in [3.63, 3.8) is 0 Å². The van der Waals surface area contributed by atoms with Crippen molar-refractivity contribution in [2.24, 2.45) is 0 Å². The van der Waals surface area contributed by atoms with E-state index in [4.69, 9.17) is 18.8 Å². The quantitative estimate of drug-likeness (QED) is 0.613.